The zero-order valence-corrected chi connectivity index (χ0v) is 11.6. The summed E-state index contributed by atoms with van der Waals surface area (Å²) in [5.41, 5.74) is -0.618. The van der Waals surface area contributed by atoms with Crippen LogP contribution in [-0.4, -0.2) is 24.6 Å². The van der Waals surface area contributed by atoms with Crippen molar-refractivity contribution in [2.24, 2.45) is 17.8 Å². The third kappa shape index (κ3) is 1.55. The monoisotopic (exact) mass is 248 g/mol. The van der Waals surface area contributed by atoms with Gasteiger partial charge in [-0.1, -0.05) is 12.2 Å². The van der Waals surface area contributed by atoms with Crippen LogP contribution in [0.4, 0.5) is 0 Å². The Morgan fingerprint density at radius 2 is 1.67 bits per heavy atom. The van der Waals surface area contributed by atoms with Crippen LogP contribution in [0, 0.1) is 17.8 Å². The lowest BCUT2D eigenvalue weighted by atomic mass is 9.61. The van der Waals surface area contributed by atoms with E-state index in [1.807, 2.05) is 0 Å². The molecule has 1 heterocycles. The predicted molar refractivity (Wildman–Crippen MR) is 70.1 cm³/mol. The van der Waals surface area contributed by atoms with Crippen molar-refractivity contribution in [3.63, 3.8) is 0 Å². The molecule has 4 heteroatoms. The first-order valence-electron chi connectivity index (χ1n) is 6.85. The van der Waals surface area contributed by atoms with Crippen LogP contribution in [0.3, 0.4) is 0 Å². The minimum Gasteiger partial charge on any atom is -0.403 e. The van der Waals surface area contributed by atoms with Gasteiger partial charge in [0.2, 0.25) is 0 Å². The molecule has 0 radical (unpaired) electrons. The van der Waals surface area contributed by atoms with Crippen molar-refractivity contribution >= 4 is 13.4 Å². The fourth-order valence-corrected chi connectivity index (χ4v) is 3.52. The Hall–Kier alpha value is -0.605. The van der Waals surface area contributed by atoms with Crippen molar-refractivity contribution in [1.82, 2.24) is 0 Å². The Balaban J connectivity index is 1.85. The first-order chi connectivity index (χ1) is 8.36. The van der Waals surface area contributed by atoms with E-state index in [2.05, 4.69) is 39.8 Å². The lowest BCUT2D eigenvalue weighted by Crippen LogP contribution is -2.41. The summed E-state index contributed by atoms with van der Waals surface area (Å²) in [5.74, 6) is 1.10. The zero-order chi connectivity index (χ0) is 13.1. The number of carbonyl (C=O) groups excluding carboxylic acids is 1. The van der Waals surface area contributed by atoms with Crippen molar-refractivity contribution in [1.29, 1.82) is 0 Å². The Morgan fingerprint density at radius 3 is 2.22 bits per heavy atom. The summed E-state index contributed by atoms with van der Waals surface area (Å²) in [5, 5.41) is 0. The summed E-state index contributed by atoms with van der Waals surface area (Å²) in [6, 6.07) is 0. The van der Waals surface area contributed by atoms with Gasteiger partial charge in [0.05, 0.1) is 11.2 Å². The van der Waals surface area contributed by atoms with E-state index in [0.29, 0.717) is 11.8 Å². The van der Waals surface area contributed by atoms with Crippen molar-refractivity contribution in [3.05, 3.63) is 12.2 Å². The van der Waals surface area contributed by atoms with Gasteiger partial charge in [-0.25, -0.2) is 0 Å². The topological polar surface area (TPSA) is 35.5 Å². The molecule has 2 bridgehead atoms. The average molecular weight is 248 g/mol. The molecule has 1 saturated carbocycles. The molecular weight excluding hydrogens is 227 g/mol. The summed E-state index contributed by atoms with van der Waals surface area (Å²) in [4.78, 5) is 11.3. The molecule has 3 aliphatic rings. The van der Waals surface area contributed by atoms with Crippen molar-refractivity contribution in [2.75, 3.05) is 0 Å². The van der Waals surface area contributed by atoms with Gasteiger partial charge in [-0.2, -0.15) is 0 Å². The normalized spacial score (nSPS) is 43.7. The number of hydrogen-bond acceptors (Lipinski definition) is 3. The third-order valence-electron chi connectivity index (χ3n) is 5.33. The highest BCUT2D eigenvalue weighted by atomic mass is 16.7. The number of rotatable bonds is 2. The van der Waals surface area contributed by atoms with Gasteiger partial charge < -0.3 is 14.1 Å². The Bertz CT molecular complexity index is 386. The summed E-state index contributed by atoms with van der Waals surface area (Å²) in [6.07, 6.45) is 6.61. The molecule has 0 aromatic carbocycles. The molecule has 3 nitrogen and oxygen atoms in total. The van der Waals surface area contributed by atoms with Crippen LogP contribution in [0.25, 0.3) is 0 Å². The molecule has 2 fully saturated rings. The number of hydrogen-bond donors (Lipinski definition) is 0. The quantitative estimate of drug-likeness (QED) is 0.428. The number of aldehydes is 1. The fourth-order valence-electron chi connectivity index (χ4n) is 3.52. The van der Waals surface area contributed by atoms with Crippen molar-refractivity contribution < 1.29 is 14.1 Å². The summed E-state index contributed by atoms with van der Waals surface area (Å²) < 4.78 is 12.2. The van der Waals surface area contributed by atoms with Gasteiger partial charge in [0, 0.05) is 11.7 Å². The Labute approximate surface area is 109 Å². The van der Waals surface area contributed by atoms with E-state index in [-0.39, 0.29) is 30.1 Å². The van der Waals surface area contributed by atoms with Crippen LogP contribution in [0.2, 0.25) is 5.82 Å². The standard InChI is InChI=1S/C14H21BO3/c1-13(2)14(3,4)18-15(17-13)12-10-6-5-9(7-10)11(12)8-16/h5-6,8-12H,7H2,1-4H3/t9?,10?,11-,12-/m0/s1. The molecule has 1 saturated heterocycles. The highest BCUT2D eigenvalue weighted by molar-refractivity contribution is 6.48. The van der Waals surface area contributed by atoms with E-state index in [0.717, 1.165) is 12.7 Å². The van der Waals surface area contributed by atoms with Gasteiger partial charge in [-0.05, 0) is 46.0 Å². The maximum atomic E-state index is 11.3. The lowest BCUT2D eigenvalue weighted by Gasteiger charge is -2.32. The van der Waals surface area contributed by atoms with E-state index in [9.17, 15) is 4.79 Å². The molecule has 18 heavy (non-hydrogen) atoms. The van der Waals surface area contributed by atoms with Crippen LogP contribution in [-0.2, 0) is 14.1 Å². The zero-order valence-electron chi connectivity index (χ0n) is 11.6. The minimum atomic E-state index is -0.309. The third-order valence-corrected chi connectivity index (χ3v) is 5.33. The highest BCUT2D eigenvalue weighted by Crippen LogP contribution is 2.55. The molecule has 2 aliphatic carbocycles. The molecule has 0 aromatic heterocycles. The lowest BCUT2D eigenvalue weighted by molar-refractivity contribution is -0.111. The number of carbonyl (C=O) groups is 1. The predicted octanol–water partition coefficient (Wildman–Crippen LogP) is 2.47. The van der Waals surface area contributed by atoms with Crippen LogP contribution in [0.15, 0.2) is 12.2 Å². The van der Waals surface area contributed by atoms with Gasteiger partial charge in [0.15, 0.2) is 0 Å². The first kappa shape index (κ1) is 12.4. The molecule has 4 atom stereocenters. The van der Waals surface area contributed by atoms with E-state index >= 15 is 0 Å². The Kier molecular flexibility index (Phi) is 2.56. The molecule has 1 aliphatic heterocycles. The second kappa shape index (κ2) is 3.70. The highest BCUT2D eigenvalue weighted by Gasteiger charge is 2.60. The molecule has 3 rings (SSSR count). The summed E-state index contributed by atoms with van der Waals surface area (Å²) in [7, 11) is -0.245. The van der Waals surface area contributed by atoms with Gasteiger partial charge in [-0.3, -0.25) is 0 Å². The van der Waals surface area contributed by atoms with Crippen LogP contribution in [0.5, 0.6) is 0 Å². The van der Waals surface area contributed by atoms with Crippen LogP contribution >= 0.6 is 0 Å². The summed E-state index contributed by atoms with van der Waals surface area (Å²) in [6.45, 7) is 8.25. The summed E-state index contributed by atoms with van der Waals surface area (Å²) >= 11 is 0. The second-order valence-electron chi connectivity index (χ2n) is 6.86. The van der Waals surface area contributed by atoms with E-state index < -0.39 is 0 Å². The SMILES string of the molecule is CC1(C)OB([C@H]2C3C=CC(C3)[C@@H]2C=O)OC1(C)C. The van der Waals surface area contributed by atoms with Gasteiger partial charge in [0.25, 0.3) is 0 Å². The molecule has 0 amide bonds. The van der Waals surface area contributed by atoms with Crippen molar-refractivity contribution in [3.8, 4) is 0 Å². The van der Waals surface area contributed by atoms with Gasteiger partial charge in [-0.15, -0.1) is 0 Å². The molecule has 98 valence electrons. The van der Waals surface area contributed by atoms with Gasteiger partial charge >= 0.3 is 7.12 Å². The fraction of sp³-hybridized carbons (Fsp3) is 0.786. The molecule has 0 aromatic rings. The number of fused-ring (bicyclic) bond motifs is 2. The van der Waals surface area contributed by atoms with E-state index in [1.54, 1.807) is 0 Å². The molecule has 2 unspecified atom stereocenters. The second-order valence-corrected chi connectivity index (χ2v) is 6.86. The van der Waals surface area contributed by atoms with Gasteiger partial charge in [0.1, 0.15) is 6.29 Å². The van der Waals surface area contributed by atoms with E-state index in [1.165, 1.54) is 0 Å². The number of allylic oxidation sites excluding steroid dienone is 2. The molecule has 0 N–H and O–H groups in total. The maximum Gasteiger partial charge on any atom is 0.462 e. The van der Waals surface area contributed by atoms with Crippen LogP contribution in [0.1, 0.15) is 34.1 Å². The smallest absolute Gasteiger partial charge is 0.403 e. The average Bonchev–Trinajstić information content (AvgIpc) is 2.90. The van der Waals surface area contributed by atoms with E-state index in [4.69, 9.17) is 9.31 Å². The largest absolute Gasteiger partial charge is 0.462 e. The molecule has 0 spiro atoms. The minimum absolute atomic E-state index is 0.0645. The molecular formula is C14H21BO3. The maximum absolute atomic E-state index is 11.3. The van der Waals surface area contributed by atoms with Crippen LogP contribution < -0.4 is 0 Å². The Morgan fingerprint density at radius 1 is 1.11 bits per heavy atom. The first-order valence-corrected chi connectivity index (χ1v) is 6.85. The van der Waals surface area contributed by atoms with Crippen molar-refractivity contribution in [2.45, 2.75) is 51.1 Å².